The average molecular weight is 387 g/mol. The van der Waals surface area contributed by atoms with E-state index in [9.17, 15) is 9.59 Å². The highest BCUT2D eigenvalue weighted by molar-refractivity contribution is 6.03. The van der Waals surface area contributed by atoms with Gasteiger partial charge in [0.25, 0.3) is 0 Å². The first kappa shape index (κ1) is 19.2. The van der Waals surface area contributed by atoms with E-state index in [0.717, 1.165) is 46.5 Å². The van der Waals surface area contributed by atoms with Crippen molar-refractivity contribution in [1.82, 2.24) is 5.32 Å². The van der Waals surface area contributed by atoms with Gasteiger partial charge in [-0.25, -0.2) is 4.79 Å². The molecule has 2 aromatic rings. The van der Waals surface area contributed by atoms with Gasteiger partial charge in [0.1, 0.15) is 0 Å². The molecule has 2 aliphatic rings. The molecule has 1 heterocycles. The van der Waals surface area contributed by atoms with Crippen LogP contribution < -0.4 is 5.32 Å². The molecule has 1 atom stereocenters. The zero-order valence-corrected chi connectivity index (χ0v) is 16.8. The Labute approximate surface area is 171 Å². The quantitative estimate of drug-likeness (QED) is 0.760. The van der Waals surface area contributed by atoms with Crippen LogP contribution in [0.1, 0.15) is 44.6 Å². The molecule has 0 amide bonds. The van der Waals surface area contributed by atoms with Crippen molar-refractivity contribution in [3.8, 4) is 11.1 Å². The molecule has 4 rings (SSSR count). The topological polar surface area (TPSA) is 55.4 Å². The third-order valence-corrected chi connectivity index (χ3v) is 5.62. The summed E-state index contributed by atoms with van der Waals surface area (Å²) >= 11 is 0. The number of nitrogens with one attached hydrogen (secondary N) is 1. The Bertz CT molecular complexity index is 1000. The number of ketones is 1. The number of rotatable bonds is 4. The number of carbonyl (C=O) groups excluding carboxylic acids is 2. The van der Waals surface area contributed by atoms with Gasteiger partial charge < -0.3 is 10.1 Å². The van der Waals surface area contributed by atoms with Crippen molar-refractivity contribution in [3.05, 3.63) is 82.7 Å². The normalized spacial score (nSPS) is 19.0. The molecule has 0 spiro atoms. The second-order valence-electron chi connectivity index (χ2n) is 7.47. The Morgan fingerprint density at radius 3 is 2.41 bits per heavy atom. The average Bonchev–Trinajstić information content (AvgIpc) is 2.74. The van der Waals surface area contributed by atoms with Gasteiger partial charge in [-0.15, -0.1) is 0 Å². The molecular formula is C25H25NO3. The zero-order valence-electron chi connectivity index (χ0n) is 16.8. The standard InChI is InChI=1S/C25H25NO3/c1-3-29-25(28)22-16(2)26-20-10-7-11-21(27)24(20)23(22)19-14-12-18(13-15-19)17-8-5-4-6-9-17/h4-6,8-9,12-15,23,26H,3,7,10-11H2,1-2H3. The van der Waals surface area contributed by atoms with Crippen LogP contribution in [0.2, 0.25) is 0 Å². The summed E-state index contributed by atoms with van der Waals surface area (Å²) in [5.74, 6) is -0.632. The molecule has 0 radical (unpaired) electrons. The SMILES string of the molecule is CCOC(=O)C1=C(C)NC2=C(C(=O)CCC2)C1c1ccc(-c2ccccc2)cc1. The zero-order chi connectivity index (χ0) is 20.4. The number of benzene rings is 2. The van der Waals surface area contributed by atoms with Crippen LogP contribution in [-0.4, -0.2) is 18.4 Å². The smallest absolute Gasteiger partial charge is 0.336 e. The Morgan fingerprint density at radius 1 is 1.03 bits per heavy atom. The summed E-state index contributed by atoms with van der Waals surface area (Å²) in [6.07, 6.45) is 2.19. The van der Waals surface area contributed by atoms with E-state index in [1.165, 1.54) is 0 Å². The van der Waals surface area contributed by atoms with Crippen LogP contribution in [0, 0.1) is 0 Å². The minimum absolute atomic E-state index is 0.116. The highest BCUT2D eigenvalue weighted by atomic mass is 16.5. The predicted molar refractivity (Wildman–Crippen MR) is 113 cm³/mol. The van der Waals surface area contributed by atoms with Crippen molar-refractivity contribution >= 4 is 11.8 Å². The Morgan fingerprint density at radius 2 is 1.72 bits per heavy atom. The molecule has 0 saturated heterocycles. The fraction of sp³-hybridized carbons (Fsp3) is 0.280. The lowest BCUT2D eigenvalue weighted by molar-refractivity contribution is -0.138. The molecule has 29 heavy (non-hydrogen) atoms. The summed E-state index contributed by atoms with van der Waals surface area (Å²) in [6.45, 7) is 3.99. The maximum absolute atomic E-state index is 12.9. The first-order valence-electron chi connectivity index (χ1n) is 10.2. The molecule has 4 nitrogen and oxygen atoms in total. The van der Waals surface area contributed by atoms with E-state index in [2.05, 4.69) is 29.6 Å². The minimum Gasteiger partial charge on any atom is -0.463 e. The summed E-state index contributed by atoms with van der Waals surface area (Å²) in [5.41, 5.74) is 6.15. The number of carbonyl (C=O) groups is 2. The monoisotopic (exact) mass is 387 g/mol. The first-order chi connectivity index (χ1) is 14.1. The van der Waals surface area contributed by atoms with Crippen LogP contribution >= 0.6 is 0 Å². The van der Waals surface area contributed by atoms with Gasteiger partial charge in [-0.3, -0.25) is 4.79 Å². The van der Waals surface area contributed by atoms with Crippen LogP contribution in [0.25, 0.3) is 11.1 Å². The lowest BCUT2D eigenvalue weighted by atomic mass is 9.75. The lowest BCUT2D eigenvalue weighted by Crippen LogP contribution is -2.34. The van der Waals surface area contributed by atoms with E-state index >= 15 is 0 Å². The van der Waals surface area contributed by atoms with Crippen molar-refractivity contribution in [2.24, 2.45) is 0 Å². The van der Waals surface area contributed by atoms with Gasteiger partial charge in [0.05, 0.1) is 12.2 Å². The van der Waals surface area contributed by atoms with E-state index in [0.29, 0.717) is 18.6 Å². The Hall–Kier alpha value is -3.14. The molecule has 2 aromatic carbocycles. The molecule has 4 heteroatoms. The number of allylic oxidation sites excluding steroid dienone is 3. The third kappa shape index (κ3) is 3.63. The summed E-state index contributed by atoms with van der Waals surface area (Å²) in [7, 11) is 0. The second kappa shape index (κ2) is 8.08. The molecule has 0 saturated carbocycles. The Balaban J connectivity index is 1.79. The Kier molecular flexibility index (Phi) is 5.34. The van der Waals surface area contributed by atoms with Gasteiger partial charge in [0, 0.05) is 29.3 Å². The van der Waals surface area contributed by atoms with Crippen molar-refractivity contribution in [3.63, 3.8) is 0 Å². The van der Waals surface area contributed by atoms with E-state index in [1.807, 2.05) is 37.3 Å². The summed E-state index contributed by atoms with van der Waals surface area (Å²) in [6, 6.07) is 18.3. The number of hydrogen-bond donors (Lipinski definition) is 1. The number of Topliss-reactive ketones (excluding diaryl/α,β-unsaturated/α-hetero) is 1. The number of ether oxygens (including phenoxy) is 1. The number of hydrogen-bond acceptors (Lipinski definition) is 4. The third-order valence-electron chi connectivity index (χ3n) is 5.62. The molecule has 1 N–H and O–H groups in total. The van der Waals surface area contributed by atoms with Gasteiger partial charge >= 0.3 is 5.97 Å². The predicted octanol–water partition coefficient (Wildman–Crippen LogP) is 4.88. The maximum Gasteiger partial charge on any atom is 0.336 e. The van der Waals surface area contributed by atoms with Gasteiger partial charge in [0.15, 0.2) is 5.78 Å². The molecule has 1 aliphatic carbocycles. The van der Waals surface area contributed by atoms with E-state index in [4.69, 9.17) is 4.74 Å². The summed E-state index contributed by atoms with van der Waals surface area (Å²) in [5, 5.41) is 3.31. The fourth-order valence-corrected chi connectivity index (χ4v) is 4.29. The van der Waals surface area contributed by atoms with E-state index < -0.39 is 0 Å². The van der Waals surface area contributed by atoms with Crippen LogP contribution in [-0.2, 0) is 14.3 Å². The summed E-state index contributed by atoms with van der Waals surface area (Å²) < 4.78 is 5.34. The van der Waals surface area contributed by atoms with Gasteiger partial charge in [-0.05, 0) is 43.4 Å². The summed E-state index contributed by atoms with van der Waals surface area (Å²) in [4.78, 5) is 25.7. The first-order valence-corrected chi connectivity index (χ1v) is 10.2. The molecule has 0 bridgehead atoms. The van der Waals surface area contributed by atoms with E-state index in [-0.39, 0.29) is 17.7 Å². The fourth-order valence-electron chi connectivity index (χ4n) is 4.29. The number of esters is 1. The van der Waals surface area contributed by atoms with Crippen LogP contribution in [0.15, 0.2) is 77.1 Å². The minimum atomic E-state index is -0.386. The maximum atomic E-state index is 12.9. The van der Waals surface area contributed by atoms with Gasteiger partial charge in [-0.2, -0.15) is 0 Å². The van der Waals surface area contributed by atoms with Gasteiger partial charge in [-0.1, -0.05) is 54.6 Å². The van der Waals surface area contributed by atoms with Crippen LogP contribution in [0.3, 0.4) is 0 Å². The second-order valence-corrected chi connectivity index (χ2v) is 7.47. The van der Waals surface area contributed by atoms with Crippen LogP contribution in [0.4, 0.5) is 0 Å². The van der Waals surface area contributed by atoms with Crippen molar-refractivity contribution in [2.45, 2.75) is 39.0 Å². The number of dihydropyridines is 1. The molecule has 0 aromatic heterocycles. The van der Waals surface area contributed by atoms with Crippen LogP contribution in [0.5, 0.6) is 0 Å². The lowest BCUT2D eigenvalue weighted by Gasteiger charge is -2.34. The molecular weight excluding hydrogens is 362 g/mol. The van der Waals surface area contributed by atoms with E-state index in [1.54, 1.807) is 6.92 Å². The van der Waals surface area contributed by atoms with Crippen molar-refractivity contribution in [1.29, 1.82) is 0 Å². The van der Waals surface area contributed by atoms with Gasteiger partial charge in [0.2, 0.25) is 0 Å². The molecule has 0 fully saturated rings. The molecule has 1 aliphatic heterocycles. The van der Waals surface area contributed by atoms with Crippen molar-refractivity contribution in [2.75, 3.05) is 6.61 Å². The van der Waals surface area contributed by atoms with Crippen molar-refractivity contribution < 1.29 is 14.3 Å². The largest absolute Gasteiger partial charge is 0.463 e. The molecule has 148 valence electrons. The highest BCUT2D eigenvalue weighted by Gasteiger charge is 2.38. The molecule has 1 unspecified atom stereocenters. The highest BCUT2D eigenvalue weighted by Crippen LogP contribution is 2.42.